The SMILES string of the molecule is C=C/C=C\C/C(C=C)=C(/C=C)N(C(=C)C)c1cnc(C(=N)n2c(C=C)c(/C=C\C)c3ccccc32)c(N)c1. The first-order chi connectivity index (χ1) is 18.3. The van der Waals surface area contributed by atoms with E-state index in [0.29, 0.717) is 23.5 Å². The van der Waals surface area contributed by atoms with Gasteiger partial charge in [0.05, 0.1) is 28.8 Å². The van der Waals surface area contributed by atoms with Crippen molar-refractivity contribution in [1.82, 2.24) is 9.55 Å². The highest BCUT2D eigenvalue weighted by Gasteiger charge is 2.21. The van der Waals surface area contributed by atoms with Gasteiger partial charge in [0.2, 0.25) is 0 Å². The van der Waals surface area contributed by atoms with Gasteiger partial charge in [0.15, 0.2) is 5.84 Å². The summed E-state index contributed by atoms with van der Waals surface area (Å²) in [5, 5.41) is 10.1. The minimum atomic E-state index is 0.165. The number of nitrogen functional groups attached to an aromatic ring is 1. The average Bonchev–Trinajstić information content (AvgIpc) is 3.23. The van der Waals surface area contributed by atoms with Crippen molar-refractivity contribution in [2.24, 2.45) is 0 Å². The summed E-state index contributed by atoms with van der Waals surface area (Å²) in [7, 11) is 0. The van der Waals surface area contributed by atoms with E-state index in [4.69, 9.17) is 11.1 Å². The smallest absolute Gasteiger partial charge is 0.158 e. The molecule has 0 fully saturated rings. The number of aromatic nitrogens is 2. The third-order valence-electron chi connectivity index (χ3n) is 6.09. The second-order valence-electron chi connectivity index (χ2n) is 8.59. The minimum Gasteiger partial charge on any atom is -0.397 e. The van der Waals surface area contributed by atoms with Crippen LogP contribution in [-0.2, 0) is 0 Å². The Kier molecular flexibility index (Phi) is 9.01. The van der Waals surface area contributed by atoms with Gasteiger partial charge in [-0.1, -0.05) is 87.5 Å². The molecule has 0 unspecified atom stereocenters. The molecule has 0 radical (unpaired) electrons. The van der Waals surface area contributed by atoms with Crippen molar-refractivity contribution in [3.8, 4) is 0 Å². The van der Waals surface area contributed by atoms with Crippen molar-refractivity contribution in [3.05, 3.63) is 140 Å². The lowest BCUT2D eigenvalue weighted by Gasteiger charge is -2.28. The van der Waals surface area contributed by atoms with Gasteiger partial charge in [-0.25, -0.2) is 4.98 Å². The Morgan fingerprint density at radius 3 is 2.47 bits per heavy atom. The molecule has 0 saturated heterocycles. The summed E-state index contributed by atoms with van der Waals surface area (Å²) in [5.41, 5.74) is 13.2. The van der Waals surface area contributed by atoms with Gasteiger partial charge in [-0.05, 0) is 50.1 Å². The molecule has 0 aliphatic rings. The molecule has 38 heavy (non-hydrogen) atoms. The fourth-order valence-electron chi connectivity index (χ4n) is 4.48. The predicted molar refractivity (Wildman–Crippen MR) is 166 cm³/mol. The molecule has 0 atom stereocenters. The van der Waals surface area contributed by atoms with Gasteiger partial charge in [-0.3, -0.25) is 9.98 Å². The van der Waals surface area contributed by atoms with Crippen LogP contribution in [0.15, 0.2) is 123 Å². The maximum Gasteiger partial charge on any atom is 0.158 e. The second-order valence-corrected chi connectivity index (χ2v) is 8.59. The lowest BCUT2D eigenvalue weighted by Crippen LogP contribution is -2.22. The van der Waals surface area contributed by atoms with E-state index in [-0.39, 0.29) is 5.84 Å². The van der Waals surface area contributed by atoms with Gasteiger partial charge < -0.3 is 10.6 Å². The number of hydrogen-bond acceptors (Lipinski definition) is 4. The van der Waals surface area contributed by atoms with E-state index in [1.165, 1.54) is 0 Å². The number of hydrogen-bond donors (Lipinski definition) is 2. The summed E-state index contributed by atoms with van der Waals surface area (Å²) >= 11 is 0. The van der Waals surface area contributed by atoms with Crippen LogP contribution in [0, 0.1) is 5.41 Å². The molecule has 1 aromatic carbocycles. The molecule has 2 heterocycles. The highest BCUT2D eigenvalue weighted by molar-refractivity contribution is 6.09. The van der Waals surface area contributed by atoms with Crippen LogP contribution in [0.1, 0.15) is 37.2 Å². The van der Waals surface area contributed by atoms with Crippen LogP contribution in [0.3, 0.4) is 0 Å². The van der Waals surface area contributed by atoms with E-state index < -0.39 is 0 Å². The number of pyridine rings is 1. The molecule has 3 aromatic rings. The molecule has 0 saturated carbocycles. The van der Waals surface area contributed by atoms with Gasteiger partial charge in [-0.15, -0.1) is 0 Å². The first kappa shape index (κ1) is 27.7. The molecule has 0 bridgehead atoms. The molecule has 0 aliphatic carbocycles. The van der Waals surface area contributed by atoms with E-state index in [0.717, 1.165) is 39.1 Å². The van der Waals surface area contributed by atoms with Crippen LogP contribution in [0.2, 0.25) is 0 Å². The Hall–Kier alpha value is -4.90. The zero-order valence-electron chi connectivity index (χ0n) is 22.2. The van der Waals surface area contributed by atoms with Crippen molar-refractivity contribution in [2.75, 3.05) is 10.6 Å². The topological polar surface area (TPSA) is 70.9 Å². The molecule has 3 N–H and O–H groups in total. The van der Waals surface area contributed by atoms with Crippen LogP contribution >= 0.6 is 0 Å². The Labute approximate surface area is 225 Å². The summed E-state index contributed by atoms with van der Waals surface area (Å²) in [6.07, 6.45) is 17.3. The van der Waals surface area contributed by atoms with E-state index >= 15 is 0 Å². The van der Waals surface area contributed by atoms with E-state index in [1.807, 2.05) is 78.0 Å². The third kappa shape index (κ3) is 5.27. The van der Waals surface area contributed by atoms with E-state index in [2.05, 4.69) is 37.9 Å². The minimum absolute atomic E-state index is 0.165. The molecule has 192 valence electrons. The van der Waals surface area contributed by atoms with Crippen molar-refractivity contribution in [1.29, 1.82) is 5.41 Å². The number of fused-ring (bicyclic) bond motifs is 1. The Bertz CT molecular complexity index is 1520. The molecule has 2 aromatic heterocycles. The Morgan fingerprint density at radius 1 is 1.16 bits per heavy atom. The van der Waals surface area contributed by atoms with Crippen LogP contribution < -0.4 is 10.6 Å². The van der Waals surface area contributed by atoms with Gasteiger partial charge in [0.25, 0.3) is 0 Å². The number of allylic oxidation sites excluding steroid dienone is 8. The molecule has 3 rings (SSSR count). The van der Waals surface area contributed by atoms with Gasteiger partial charge >= 0.3 is 0 Å². The highest BCUT2D eigenvalue weighted by Crippen LogP contribution is 2.32. The number of rotatable bonds is 11. The normalized spacial score (nSPS) is 11.9. The number of nitrogens with two attached hydrogens (primary N) is 1. The van der Waals surface area contributed by atoms with Gasteiger partial charge in [0.1, 0.15) is 5.69 Å². The summed E-state index contributed by atoms with van der Waals surface area (Å²) in [5.74, 6) is 0.165. The van der Waals surface area contributed by atoms with Crippen LogP contribution in [0.5, 0.6) is 0 Å². The van der Waals surface area contributed by atoms with Crippen LogP contribution in [0.4, 0.5) is 11.4 Å². The fourth-order valence-corrected chi connectivity index (χ4v) is 4.48. The molecule has 5 nitrogen and oxygen atoms in total. The maximum atomic E-state index is 9.12. The molecule has 0 aliphatic heterocycles. The molecular weight excluding hydrogens is 466 g/mol. The van der Waals surface area contributed by atoms with Gasteiger partial charge in [-0.2, -0.15) is 0 Å². The first-order valence-electron chi connectivity index (χ1n) is 12.3. The summed E-state index contributed by atoms with van der Waals surface area (Å²) in [4.78, 5) is 6.59. The van der Waals surface area contributed by atoms with E-state index in [9.17, 15) is 0 Å². The largest absolute Gasteiger partial charge is 0.397 e. The highest BCUT2D eigenvalue weighted by atomic mass is 15.2. The molecule has 0 amide bonds. The lowest BCUT2D eigenvalue weighted by atomic mass is 10.1. The Balaban J connectivity index is 2.16. The Morgan fingerprint density at radius 2 is 1.89 bits per heavy atom. The fraction of sp³-hybridized carbons (Fsp3) is 0.0909. The third-order valence-corrected chi connectivity index (χ3v) is 6.09. The summed E-state index contributed by atoms with van der Waals surface area (Å²) in [6, 6.07) is 9.76. The lowest BCUT2D eigenvalue weighted by molar-refractivity contribution is 1.05. The quantitative estimate of drug-likeness (QED) is 0.158. The standard InChI is InChI=1S/C33H35N5/c1-8-13-14-18-24(10-3)29(11-4)37(23(6)7)25-21-28(34)32(36-22-25)33(35)38-30(12-5)26(17-9-2)27-19-15-16-20-31(27)38/h8-17,19-22,35H,1,3-6,18,34H2,2,7H3/b14-13-,17-9-,29-24-,35-33?. The van der Waals surface area contributed by atoms with Crippen molar-refractivity contribution >= 4 is 40.3 Å². The van der Waals surface area contributed by atoms with Crippen molar-refractivity contribution in [2.45, 2.75) is 20.3 Å². The molecular formula is C33H35N5. The number of para-hydroxylation sites is 1. The number of benzene rings is 1. The van der Waals surface area contributed by atoms with Crippen LogP contribution in [0.25, 0.3) is 23.1 Å². The summed E-state index contributed by atoms with van der Waals surface area (Å²) in [6.45, 7) is 23.8. The molecule has 5 heteroatoms. The molecule has 0 spiro atoms. The second kappa shape index (κ2) is 12.4. The van der Waals surface area contributed by atoms with Gasteiger partial charge in [0, 0.05) is 22.3 Å². The van der Waals surface area contributed by atoms with E-state index in [1.54, 1.807) is 30.5 Å². The monoisotopic (exact) mass is 501 g/mol. The predicted octanol–water partition coefficient (Wildman–Crippen LogP) is 8.27. The average molecular weight is 502 g/mol. The number of nitrogens with zero attached hydrogens (tertiary/aromatic N) is 3. The van der Waals surface area contributed by atoms with Crippen LogP contribution in [-0.4, -0.2) is 15.4 Å². The maximum absolute atomic E-state index is 9.12. The zero-order valence-corrected chi connectivity index (χ0v) is 22.2. The zero-order chi connectivity index (χ0) is 27.8. The van der Waals surface area contributed by atoms with Crippen molar-refractivity contribution in [3.63, 3.8) is 0 Å². The number of anilines is 2. The number of nitrogens with one attached hydrogen (secondary N) is 1. The first-order valence-corrected chi connectivity index (χ1v) is 12.3. The summed E-state index contributed by atoms with van der Waals surface area (Å²) < 4.78 is 1.84. The van der Waals surface area contributed by atoms with Crippen molar-refractivity contribution < 1.29 is 0 Å².